The number of hydrogen-bond donors (Lipinski definition) is 3. The number of hydrazine groups is 1. The molecule has 3 aromatic rings. The molecule has 4 N–H and O–H groups in total. The zero-order chi connectivity index (χ0) is 24.3. The average Bonchev–Trinajstić information content (AvgIpc) is 2.75. The van der Waals surface area contributed by atoms with E-state index < -0.39 is 46.3 Å². The molecule has 33 heavy (non-hydrogen) atoms. The molecule has 0 aromatic heterocycles. The van der Waals surface area contributed by atoms with Crippen molar-refractivity contribution in [3.05, 3.63) is 88.5 Å². The molecule has 0 saturated heterocycles. The number of hydrogen-bond acceptors (Lipinski definition) is 4. The van der Waals surface area contributed by atoms with E-state index in [1.54, 1.807) is 5.43 Å². The predicted molar refractivity (Wildman–Crippen MR) is 109 cm³/mol. The maximum Gasteiger partial charge on any atom is 0.416 e. The van der Waals surface area contributed by atoms with Gasteiger partial charge < -0.3 is 10.1 Å². The summed E-state index contributed by atoms with van der Waals surface area (Å²) in [5.74, 6) is 1.40. The van der Waals surface area contributed by atoms with E-state index in [0.29, 0.717) is 11.6 Å². The molecule has 0 bridgehead atoms. The minimum absolute atomic E-state index is 0.0821. The molecule has 11 heteroatoms. The molecule has 0 atom stereocenters. The number of ether oxygens (including phenoxy) is 1. The van der Waals surface area contributed by atoms with E-state index in [-0.39, 0.29) is 17.2 Å². The van der Waals surface area contributed by atoms with Gasteiger partial charge in [-0.2, -0.15) is 13.2 Å². The molecular weight excluding hydrogens is 449 g/mol. The summed E-state index contributed by atoms with van der Waals surface area (Å²) in [6, 6.07) is 8.74. The van der Waals surface area contributed by atoms with Gasteiger partial charge in [-0.15, -0.1) is 0 Å². The van der Waals surface area contributed by atoms with Crippen LogP contribution in [-0.2, 0) is 6.18 Å². The lowest BCUT2D eigenvalue weighted by atomic mass is 10.1. The van der Waals surface area contributed by atoms with Crippen molar-refractivity contribution in [3.8, 4) is 11.5 Å². The summed E-state index contributed by atoms with van der Waals surface area (Å²) >= 11 is 0. The number of amides is 2. The van der Waals surface area contributed by atoms with E-state index in [1.807, 2.05) is 0 Å². The fourth-order valence-electron chi connectivity index (χ4n) is 2.87. The minimum Gasteiger partial charge on any atom is -0.456 e. The number of rotatable bonds is 5. The zero-order valence-corrected chi connectivity index (χ0v) is 16.9. The quantitative estimate of drug-likeness (QED) is 0.215. The monoisotopic (exact) mass is 465 g/mol. The summed E-state index contributed by atoms with van der Waals surface area (Å²) in [5, 5.41) is 2.30. The Morgan fingerprint density at radius 2 is 1.58 bits per heavy atom. The number of nitrogens with one attached hydrogen (secondary N) is 2. The molecule has 2 amide bonds. The topological polar surface area (TPSA) is 93.4 Å². The summed E-state index contributed by atoms with van der Waals surface area (Å²) in [6.45, 7) is 1.52. The van der Waals surface area contributed by atoms with E-state index in [2.05, 4.69) is 5.32 Å². The summed E-state index contributed by atoms with van der Waals surface area (Å²) in [4.78, 5) is 24.5. The van der Waals surface area contributed by atoms with Crippen molar-refractivity contribution in [2.24, 2.45) is 5.84 Å². The van der Waals surface area contributed by atoms with Crippen LogP contribution >= 0.6 is 0 Å². The Morgan fingerprint density at radius 3 is 2.21 bits per heavy atom. The van der Waals surface area contributed by atoms with Crippen LogP contribution in [0.3, 0.4) is 0 Å². The number of carbonyl (C=O) groups is 2. The molecule has 0 heterocycles. The highest BCUT2D eigenvalue weighted by Gasteiger charge is 2.32. The molecule has 0 unspecified atom stereocenters. The highest BCUT2D eigenvalue weighted by atomic mass is 19.4. The number of aryl methyl sites for hydroxylation is 1. The number of alkyl halides is 3. The Morgan fingerprint density at radius 1 is 0.879 bits per heavy atom. The van der Waals surface area contributed by atoms with Crippen molar-refractivity contribution in [1.82, 2.24) is 5.43 Å². The van der Waals surface area contributed by atoms with Crippen molar-refractivity contribution < 1.29 is 36.3 Å². The van der Waals surface area contributed by atoms with Crippen molar-refractivity contribution >= 4 is 17.5 Å². The Hall–Kier alpha value is -3.99. The van der Waals surface area contributed by atoms with E-state index in [4.69, 9.17) is 10.6 Å². The maximum atomic E-state index is 13.8. The number of carbonyl (C=O) groups excluding carboxylic acids is 2. The first-order valence-corrected chi connectivity index (χ1v) is 9.26. The lowest BCUT2D eigenvalue weighted by molar-refractivity contribution is -0.137. The van der Waals surface area contributed by atoms with Gasteiger partial charge >= 0.3 is 6.18 Å². The molecule has 3 aromatic carbocycles. The van der Waals surface area contributed by atoms with Crippen molar-refractivity contribution in [2.45, 2.75) is 13.1 Å². The van der Waals surface area contributed by atoms with E-state index in [1.165, 1.54) is 13.0 Å². The Kier molecular flexibility index (Phi) is 6.63. The van der Waals surface area contributed by atoms with E-state index >= 15 is 0 Å². The minimum atomic E-state index is -4.75. The summed E-state index contributed by atoms with van der Waals surface area (Å²) in [5.41, 5.74) is -0.0953. The van der Waals surface area contributed by atoms with Gasteiger partial charge in [0.2, 0.25) is 0 Å². The van der Waals surface area contributed by atoms with Gasteiger partial charge in [-0.25, -0.2) is 14.6 Å². The van der Waals surface area contributed by atoms with Crippen LogP contribution in [0.15, 0.2) is 54.6 Å². The van der Waals surface area contributed by atoms with Gasteiger partial charge in [-0.05, 0) is 67.1 Å². The summed E-state index contributed by atoms with van der Waals surface area (Å²) < 4.78 is 72.5. The SMILES string of the molecule is Cc1cc(F)ccc1Oc1ccc(C(F)(F)F)cc1C(=O)Nc1ccc(F)c(C(=O)NN)c1. The molecule has 0 radical (unpaired) electrons. The van der Waals surface area contributed by atoms with Crippen LogP contribution in [0.1, 0.15) is 31.8 Å². The molecular formula is C22H16F5N3O3. The first-order valence-electron chi connectivity index (χ1n) is 9.26. The second-order valence-corrected chi connectivity index (χ2v) is 6.84. The fourth-order valence-corrected chi connectivity index (χ4v) is 2.87. The summed E-state index contributed by atoms with van der Waals surface area (Å²) in [7, 11) is 0. The second kappa shape index (κ2) is 9.25. The number of nitrogens with two attached hydrogens (primary N) is 1. The van der Waals surface area contributed by atoms with Crippen molar-refractivity contribution in [3.63, 3.8) is 0 Å². The summed E-state index contributed by atoms with van der Waals surface area (Å²) in [6.07, 6.45) is -4.75. The first kappa shape index (κ1) is 23.7. The normalized spacial score (nSPS) is 11.1. The Balaban J connectivity index is 2.00. The molecule has 0 fully saturated rings. The van der Waals surface area contributed by atoms with Crippen LogP contribution in [-0.4, -0.2) is 11.8 Å². The number of halogens is 5. The van der Waals surface area contributed by atoms with Crippen LogP contribution in [0, 0.1) is 18.6 Å². The van der Waals surface area contributed by atoms with Crippen LogP contribution in [0.25, 0.3) is 0 Å². The highest BCUT2D eigenvalue weighted by Crippen LogP contribution is 2.35. The largest absolute Gasteiger partial charge is 0.456 e. The molecule has 6 nitrogen and oxygen atoms in total. The van der Waals surface area contributed by atoms with Gasteiger partial charge in [0.1, 0.15) is 23.1 Å². The molecule has 3 rings (SSSR count). The third-order valence-electron chi connectivity index (χ3n) is 4.51. The van der Waals surface area contributed by atoms with Crippen molar-refractivity contribution in [2.75, 3.05) is 5.32 Å². The molecule has 0 saturated carbocycles. The smallest absolute Gasteiger partial charge is 0.416 e. The number of benzene rings is 3. The molecule has 172 valence electrons. The fraction of sp³-hybridized carbons (Fsp3) is 0.0909. The predicted octanol–water partition coefficient (Wildman–Crippen LogP) is 4.94. The Bertz CT molecular complexity index is 1230. The second-order valence-electron chi connectivity index (χ2n) is 6.84. The molecule has 0 spiro atoms. The Labute approximate surface area is 184 Å². The van der Waals surface area contributed by atoms with Crippen LogP contribution < -0.4 is 21.3 Å². The zero-order valence-electron chi connectivity index (χ0n) is 16.9. The first-order chi connectivity index (χ1) is 15.5. The third kappa shape index (κ3) is 5.44. The van der Waals surface area contributed by atoms with Gasteiger partial charge in [0, 0.05) is 5.69 Å². The van der Waals surface area contributed by atoms with E-state index in [0.717, 1.165) is 42.5 Å². The van der Waals surface area contributed by atoms with Gasteiger partial charge in [0.15, 0.2) is 0 Å². The average molecular weight is 465 g/mol. The van der Waals surface area contributed by atoms with Gasteiger partial charge in [0.25, 0.3) is 11.8 Å². The van der Waals surface area contributed by atoms with Crippen molar-refractivity contribution in [1.29, 1.82) is 0 Å². The number of anilines is 1. The maximum absolute atomic E-state index is 13.8. The standard InChI is InChI=1S/C22H16F5N3O3/c1-11-8-13(23)3-7-18(11)33-19-6-2-12(22(25,26)27)9-16(19)20(31)29-14-4-5-17(24)15(10-14)21(32)30-28/h2-10H,28H2,1H3,(H,29,31)(H,30,32). The third-order valence-corrected chi connectivity index (χ3v) is 4.51. The molecule has 0 aliphatic carbocycles. The van der Waals surface area contributed by atoms with Crippen LogP contribution in [0.5, 0.6) is 11.5 Å². The van der Waals surface area contributed by atoms with Gasteiger partial charge in [-0.3, -0.25) is 15.0 Å². The van der Waals surface area contributed by atoms with Gasteiger partial charge in [0.05, 0.1) is 16.7 Å². The van der Waals surface area contributed by atoms with Gasteiger partial charge in [-0.1, -0.05) is 0 Å². The van der Waals surface area contributed by atoms with Crippen LogP contribution in [0.2, 0.25) is 0 Å². The molecule has 0 aliphatic heterocycles. The van der Waals surface area contributed by atoms with Crippen LogP contribution in [0.4, 0.5) is 27.6 Å². The number of nitrogen functional groups attached to an aromatic ring is 1. The highest BCUT2D eigenvalue weighted by molar-refractivity contribution is 6.07. The van der Waals surface area contributed by atoms with E-state index in [9.17, 15) is 31.5 Å². The lowest BCUT2D eigenvalue weighted by Crippen LogP contribution is -2.30. The lowest BCUT2D eigenvalue weighted by Gasteiger charge is -2.16. The molecule has 0 aliphatic rings.